The number of pyridine rings is 1. The highest BCUT2D eigenvalue weighted by molar-refractivity contribution is 9.10. The summed E-state index contributed by atoms with van der Waals surface area (Å²) in [6, 6.07) is 7.93. The van der Waals surface area contributed by atoms with E-state index in [2.05, 4.69) is 26.3 Å². The molecule has 2 rings (SSSR count). The van der Waals surface area contributed by atoms with Crippen LogP contribution >= 0.6 is 15.9 Å². The Hall–Kier alpha value is -1.13. The molecule has 0 bridgehead atoms. The van der Waals surface area contributed by atoms with Crippen molar-refractivity contribution >= 4 is 32.7 Å². The molecular formula is C10H10BrN3. The fourth-order valence-corrected chi connectivity index (χ4v) is 1.91. The van der Waals surface area contributed by atoms with Crippen molar-refractivity contribution in [2.45, 2.75) is 6.92 Å². The summed E-state index contributed by atoms with van der Waals surface area (Å²) < 4.78 is 0.982. The van der Waals surface area contributed by atoms with E-state index in [-0.39, 0.29) is 0 Å². The first-order chi connectivity index (χ1) is 6.72. The summed E-state index contributed by atoms with van der Waals surface area (Å²) in [5.41, 5.74) is 4.64. The van der Waals surface area contributed by atoms with Gasteiger partial charge in [-0.15, -0.1) is 0 Å². The fraction of sp³-hybridized carbons (Fsp3) is 0.100. The van der Waals surface area contributed by atoms with Crippen molar-refractivity contribution in [3.05, 3.63) is 34.3 Å². The van der Waals surface area contributed by atoms with Crippen LogP contribution in [0.1, 0.15) is 5.56 Å². The quantitative estimate of drug-likeness (QED) is 0.605. The van der Waals surface area contributed by atoms with E-state index in [1.54, 1.807) is 0 Å². The minimum atomic E-state index is 0.682. The molecule has 2 aromatic rings. The van der Waals surface area contributed by atoms with E-state index in [0.717, 1.165) is 20.9 Å². The van der Waals surface area contributed by atoms with Gasteiger partial charge in [0.25, 0.3) is 0 Å². The van der Waals surface area contributed by atoms with Gasteiger partial charge in [0.15, 0.2) is 0 Å². The minimum Gasteiger partial charge on any atom is -0.308 e. The standard InChI is InChI=1S/C10H10BrN3/c1-6-5-9(14-12)13-10-7(6)3-2-4-8(10)11/h2-5H,12H2,1H3,(H,13,14). The zero-order valence-electron chi connectivity index (χ0n) is 7.71. The molecule has 0 radical (unpaired) electrons. The maximum absolute atomic E-state index is 5.33. The van der Waals surface area contributed by atoms with Crippen molar-refractivity contribution in [2.75, 3.05) is 5.43 Å². The molecule has 1 heterocycles. The van der Waals surface area contributed by atoms with Crippen LogP contribution < -0.4 is 11.3 Å². The van der Waals surface area contributed by atoms with Crippen LogP contribution in [0.3, 0.4) is 0 Å². The lowest BCUT2D eigenvalue weighted by molar-refractivity contribution is 1.25. The number of hydrogen-bond acceptors (Lipinski definition) is 3. The molecule has 0 aliphatic carbocycles. The number of anilines is 1. The van der Waals surface area contributed by atoms with Crippen molar-refractivity contribution in [1.29, 1.82) is 0 Å². The summed E-state index contributed by atoms with van der Waals surface area (Å²) in [6.07, 6.45) is 0. The van der Waals surface area contributed by atoms with E-state index in [0.29, 0.717) is 5.82 Å². The molecular weight excluding hydrogens is 242 g/mol. The Kier molecular flexibility index (Phi) is 2.39. The molecule has 1 aromatic carbocycles. The van der Waals surface area contributed by atoms with Gasteiger partial charge in [-0.25, -0.2) is 10.8 Å². The number of nitrogen functional groups attached to an aromatic ring is 1. The van der Waals surface area contributed by atoms with E-state index in [9.17, 15) is 0 Å². The number of hydrogen-bond donors (Lipinski definition) is 2. The third-order valence-corrected chi connectivity index (χ3v) is 2.78. The molecule has 0 unspecified atom stereocenters. The molecule has 0 saturated heterocycles. The summed E-state index contributed by atoms with van der Waals surface area (Å²) in [6.45, 7) is 2.04. The Morgan fingerprint density at radius 1 is 1.43 bits per heavy atom. The Balaban J connectivity index is 2.83. The molecule has 1 aromatic heterocycles. The highest BCUT2D eigenvalue weighted by Crippen LogP contribution is 2.26. The Bertz CT molecular complexity index is 482. The molecule has 0 fully saturated rings. The van der Waals surface area contributed by atoms with Gasteiger partial charge in [0.05, 0.1) is 5.52 Å². The van der Waals surface area contributed by atoms with Gasteiger partial charge < -0.3 is 5.43 Å². The molecule has 4 heteroatoms. The van der Waals surface area contributed by atoms with Crippen LogP contribution in [0.2, 0.25) is 0 Å². The van der Waals surface area contributed by atoms with E-state index in [1.807, 2.05) is 31.2 Å². The SMILES string of the molecule is Cc1cc(NN)nc2c(Br)cccc12. The molecule has 0 aliphatic heterocycles. The summed E-state index contributed by atoms with van der Waals surface area (Å²) >= 11 is 3.46. The Morgan fingerprint density at radius 2 is 2.21 bits per heavy atom. The molecule has 3 N–H and O–H groups in total. The van der Waals surface area contributed by atoms with Crippen molar-refractivity contribution in [3.8, 4) is 0 Å². The fourth-order valence-electron chi connectivity index (χ4n) is 1.46. The minimum absolute atomic E-state index is 0.682. The van der Waals surface area contributed by atoms with Crippen molar-refractivity contribution < 1.29 is 0 Å². The maximum atomic E-state index is 5.33. The van der Waals surface area contributed by atoms with Crippen LogP contribution in [0.15, 0.2) is 28.7 Å². The number of halogens is 1. The smallest absolute Gasteiger partial charge is 0.140 e. The zero-order valence-corrected chi connectivity index (χ0v) is 9.30. The molecule has 0 saturated carbocycles. The van der Waals surface area contributed by atoms with Crippen LogP contribution in [0.25, 0.3) is 10.9 Å². The van der Waals surface area contributed by atoms with Crippen LogP contribution in [0, 0.1) is 6.92 Å². The third-order valence-electron chi connectivity index (χ3n) is 2.14. The zero-order chi connectivity index (χ0) is 10.1. The summed E-state index contributed by atoms with van der Waals surface area (Å²) in [7, 11) is 0. The normalized spacial score (nSPS) is 10.5. The molecule has 14 heavy (non-hydrogen) atoms. The highest BCUT2D eigenvalue weighted by Gasteiger charge is 2.04. The van der Waals surface area contributed by atoms with E-state index < -0.39 is 0 Å². The molecule has 0 spiro atoms. The first-order valence-corrected chi connectivity index (χ1v) is 5.04. The second kappa shape index (κ2) is 3.55. The predicted molar refractivity (Wildman–Crippen MR) is 62.0 cm³/mol. The van der Waals surface area contributed by atoms with E-state index in [4.69, 9.17) is 5.84 Å². The number of hydrazine groups is 1. The second-order valence-electron chi connectivity index (χ2n) is 3.10. The average molecular weight is 252 g/mol. The lowest BCUT2D eigenvalue weighted by Crippen LogP contribution is -2.08. The van der Waals surface area contributed by atoms with Gasteiger partial charge in [0.2, 0.25) is 0 Å². The monoisotopic (exact) mass is 251 g/mol. The van der Waals surface area contributed by atoms with Gasteiger partial charge in [-0.3, -0.25) is 0 Å². The lowest BCUT2D eigenvalue weighted by atomic mass is 10.1. The molecule has 0 aliphatic rings. The number of nitrogens with zero attached hydrogens (tertiary/aromatic N) is 1. The first-order valence-electron chi connectivity index (χ1n) is 4.25. The van der Waals surface area contributed by atoms with Crippen LogP contribution in [0.4, 0.5) is 5.82 Å². The number of aryl methyl sites for hydroxylation is 1. The highest BCUT2D eigenvalue weighted by atomic mass is 79.9. The lowest BCUT2D eigenvalue weighted by Gasteiger charge is -2.06. The number of fused-ring (bicyclic) bond motifs is 1. The van der Waals surface area contributed by atoms with Gasteiger partial charge in [-0.1, -0.05) is 12.1 Å². The summed E-state index contributed by atoms with van der Waals surface area (Å²) in [4.78, 5) is 4.37. The van der Waals surface area contributed by atoms with Crippen molar-refractivity contribution in [3.63, 3.8) is 0 Å². The van der Waals surface area contributed by atoms with Gasteiger partial charge in [-0.2, -0.15) is 0 Å². The van der Waals surface area contributed by atoms with E-state index in [1.165, 1.54) is 0 Å². The van der Waals surface area contributed by atoms with Gasteiger partial charge in [0, 0.05) is 9.86 Å². The number of rotatable bonds is 1. The molecule has 0 amide bonds. The maximum Gasteiger partial charge on any atom is 0.140 e. The third kappa shape index (κ3) is 1.47. The van der Waals surface area contributed by atoms with Crippen LogP contribution in [-0.2, 0) is 0 Å². The number of aromatic nitrogens is 1. The number of nitrogens with one attached hydrogen (secondary N) is 1. The second-order valence-corrected chi connectivity index (χ2v) is 3.96. The number of benzene rings is 1. The van der Waals surface area contributed by atoms with Crippen molar-refractivity contribution in [2.24, 2.45) is 5.84 Å². The van der Waals surface area contributed by atoms with E-state index >= 15 is 0 Å². The molecule has 72 valence electrons. The Labute approximate surface area is 90.4 Å². The summed E-state index contributed by atoms with van der Waals surface area (Å²) in [5.74, 6) is 6.01. The van der Waals surface area contributed by atoms with Crippen LogP contribution in [0.5, 0.6) is 0 Å². The first kappa shape index (κ1) is 9.43. The largest absolute Gasteiger partial charge is 0.308 e. The van der Waals surface area contributed by atoms with Gasteiger partial charge in [0.1, 0.15) is 5.82 Å². The number of para-hydroxylation sites is 1. The van der Waals surface area contributed by atoms with Gasteiger partial charge >= 0.3 is 0 Å². The van der Waals surface area contributed by atoms with Gasteiger partial charge in [-0.05, 0) is 40.5 Å². The van der Waals surface area contributed by atoms with Crippen molar-refractivity contribution in [1.82, 2.24) is 4.98 Å². The summed E-state index contributed by atoms with van der Waals surface area (Å²) in [5, 5.41) is 1.14. The Morgan fingerprint density at radius 3 is 2.93 bits per heavy atom. The predicted octanol–water partition coefficient (Wildman–Crippen LogP) is 2.59. The molecule has 0 atom stereocenters. The number of nitrogens with two attached hydrogens (primary N) is 1. The average Bonchev–Trinajstić information content (AvgIpc) is 2.19. The molecule has 3 nitrogen and oxygen atoms in total. The van der Waals surface area contributed by atoms with Crippen LogP contribution in [-0.4, -0.2) is 4.98 Å². The topological polar surface area (TPSA) is 50.9 Å².